The zero-order valence-corrected chi connectivity index (χ0v) is 18.4. The second-order valence-electron chi connectivity index (χ2n) is 8.00. The van der Waals surface area contributed by atoms with Crippen LogP contribution in [-0.4, -0.2) is 48.4 Å². The third kappa shape index (κ3) is 6.62. The molecular weight excluding hydrogens is 386 g/mol. The van der Waals surface area contributed by atoms with Crippen molar-refractivity contribution in [1.82, 2.24) is 9.80 Å². The first-order chi connectivity index (χ1) is 15.1. The van der Waals surface area contributed by atoms with Crippen LogP contribution in [0.2, 0.25) is 0 Å². The van der Waals surface area contributed by atoms with Crippen molar-refractivity contribution >= 4 is 17.6 Å². The molecule has 162 valence electrons. The second-order valence-corrected chi connectivity index (χ2v) is 8.00. The van der Waals surface area contributed by atoms with E-state index < -0.39 is 0 Å². The van der Waals surface area contributed by atoms with Gasteiger partial charge < -0.3 is 15.1 Å². The van der Waals surface area contributed by atoms with E-state index in [2.05, 4.69) is 24.1 Å². The summed E-state index contributed by atoms with van der Waals surface area (Å²) >= 11 is 0. The standard InChI is InChI=1S/C26H31N3O2/c1-3-4-17-28(2)25(30)23-15-18-29(19-16-23)26(31)27-24-12-8-11-22(20-24)14-13-21-9-6-5-7-10-21/h5-12,20,23H,3-4,15-19H2,1-2H3,(H,27,31). The molecule has 0 bridgehead atoms. The smallest absolute Gasteiger partial charge is 0.321 e. The maximum absolute atomic E-state index is 12.7. The van der Waals surface area contributed by atoms with Gasteiger partial charge in [0, 0.05) is 49.4 Å². The molecule has 1 aliphatic rings. The number of hydrogen-bond acceptors (Lipinski definition) is 2. The van der Waals surface area contributed by atoms with Crippen LogP contribution < -0.4 is 5.32 Å². The second kappa shape index (κ2) is 11.2. The number of amides is 3. The molecule has 0 saturated carbocycles. The molecule has 0 aromatic heterocycles. The molecule has 1 saturated heterocycles. The fourth-order valence-electron chi connectivity index (χ4n) is 3.69. The number of rotatable bonds is 5. The Balaban J connectivity index is 1.52. The van der Waals surface area contributed by atoms with Crippen molar-refractivity contribution in [3.63, 3.8) is 0 Å². The summed E-state index contributed by atoms with van der Waals surface area (Å²) in [6.45, 7) is 4.12. The Hall–Kier alpha value is -3.26. The van der Waals surface area contributed by atoms with E-state index in [1.807, 2.05) is 66.5 Å². The fraction of sp³-hybridized carbons (Fsp3) is 0.385. The van der Waals surface area contributed by atoms with Gasteiger partial charge >= 0.3 is 6.03 Å². The van der Waals surface area contributed by atoms with Crippen molar-refractivity contribution in [2.24, 2.45) is 5.92 Å². The summed E-state index contributed by atoms with van der Waals surface area (Å²) in [5.74, 6) is 6.50. The molecular formula is C26H31N3O2. The monoisotopic (exact) mass is 417 g/mol. The Bertz CT molecular complexity index is 938. The van der Waals surface area contributed by atoms with E-state index in [1.54, 1.807) is 4.90 Å². The highest BCUT2D eigenvalue weighted by atomic mass is 16.2. The van der Waals surface area contributed by atoms with E-state index in [9.17, 15) is 9.59 Å². The Morgan fingerprint density at radius 1 is 1.03 bits per heavy atom. The van der Waals surface area contributed by atoms with Gasteiger partial charge in [0.2, 0.25) is 5.91 Å². The van der Waals surface area contributed by atoms with Gasteiger partial charge in [0.15, 0.2) is 0 Å². The van der Waals surface area contributed by atoms with E-state index in [0.29, 0.717) is 25.9 Å². The molecule has 31 heavy (non-hydrogen) atoms. The molecule has 3 rings (SSSR count). The Labute approximate surface area is 185 Å². The summed E-state index contributed by atoms with van der Waals surface area (Å²) in [5, 5.41) is 2.97. The van der Waals surface area contributed by atoms with Gasteiger partial charge in [0.1, 0.15) is 0 Å². The van der Waals surface area contributed by atoms with Crippen LogP contribution in [0.1, 0.15) is 43.7 Å². The molecule has 0 atom stereocenters. The number of carbonyl (C=O) groups excluding carboxylic acids is 2. The molecule has 1 fully saturated rings. The normalized spacial score (nSPS) is 13.8. The Morgan fingerprint density at radius 2 is 1.71 bits per heavy atom. The summed E-state index contributed by atoms with van der Waals surface area (Å²) in [4.78, 5) is 28.9. The Morgan fingerprint density at radius 3 is 2.42 bits per heavy atom. The van der Waals surface area contributed by atoms with Crippen LogP contribution in [0.5, 0.6) is 0 Å². The molecule has 3 amide bonds. The zero-order chi connectivity index (χ0) is 22.1. The average Bonchev–Trinajstić information content (AvgIpc) is 2.81. The number of hydrogen-bond donors (Lipinski definition) is 1. The van der Waals surface area contributed by atoms with Gasteiger partial charge in [-0.3, -0.25) is 4.79 Å². The van der Waals surface area contributed by atoms with Crippen LogP contribution in [0.4, 0.5) is 10.5 Å². The highest BCUT2D eigenvalue weighted by Crippen LogP contribution is 2.21. The molecule has 2 aromatic rings. The van der Waals surface area contributed by atoms with Gasteiger partial charge in [-0.25, -0.2) is 4.79 Å². The van der Waals surface area contributed by atoms with E-state index in [0.717, 1.165) is 36.2 Å². The summed E-state index contributed by atoms with van der Waals surface area (Å²) in [6.07, 6.45) is 3.53. The van der Waals surface area contributed by atoms with E-state index >= 15 is 0 Å². The Kier molecular flexibility index (Phi) is 8.12. The highest BCUT2D eigenvalue weighted by Gasteiger charge is 2.29. The molecule has 1 aliphatic heterocycles. The fourth-order valence-corrected chi connectivity index (χ4v) is 3.69. The van der Waals surface area contributed by atoms with Crippen molar-refractivity contribution in [3.05, 3.63) is 65.7 Å². The van der Waals surface area contributed by atoms with Crippen LogP contribution >= 0.6 is 0 Å². The van der Waals surface area contributed by atoms with Crippen molar-refractivity contribution in [1.29, 1.82) is 0 Å². The van der Waals surface area contributed by atoms with Crippen LogP contribution in [0, 0.1) is 17.8 Å². The molecule has 0 spiro atoms. The first-order valence-corrected chi connectivity index (χ1v) is 11.0. The molecule has 0 aliphatic carbocycles. The third-order valence-electron chi connectivity index (χ3n) is 5.59. The summed E-state index contributed by atoms with van der Waals surface area (Å²) in [6, 6.07) is 17.3. The number of likely N-dealkylation sites (tertiary alicyclic amines) is 1. The first kappa shape index (κ1) is 22.4. The summed E-state index contributed by atoms with van der Waals surface area (Å²) < 4.78 is 0. The molecule has 5 heteroatoms. The first-order valence-electron chi connectivity index (χ1n) is 11.0. The third-order valence-corrected chi connectivity index (χ3v) is 5.59. The lowest BCUT2D eigenvalue weighted by molar-refractivity contribution is -0.135. The number of carbonyl (C=O) groups is 2. The largest absolute Gasteiger partial charge is 0.346 e. The number of anilines is 1. The lowest BCUT2D eigenvalue weighted by atomic mass is 9.95. The van der Waals surface area contributed by atoms with Crippen LogP contribution in [0.25, 0.3) is 0 Å². The van der Waals surface area contributed by atoms with Gasteiger partial charge in [-0.2, -0.15) is 0 Å². The van der Waals surface area contributed by atoms with Gasteiger partial charge in [-0.05, 0) is 49.6 Å². The van der Waals surface area contributed by atoms with Gasteiger partial charge in [0.25, 0.3) is 0 Å². The zero-order valence-electron chi connectivity index (χ0n) is 18.4. The SMILES string of the molecule is CCCCN(C)C(=O)C1CCN(C(=O)Nc2cccc(C#Cc3ccccc3)c2)CC1. The van der Waals surface area contributed by atoms with Gasteiger partial charge in [-0.15, -0.1) is 0 Å². The van der Waals surface area contributed by atoms with Crippen LogP contribution in [0.3, 0.4) is 0 Å². The molecule has 0 unspecified atom stereocenters. The molecule has 1 N–H and O–H groups in total. The molecule has 0 radical (unpaired) electrons. The quantitative estimate of drug-likeness (QED) is 0.724. The maximum atomic E-state index is 12.7. The van der Waals surface area contributed by atoms with E-state index in [1.165, 1.54) is 0 Å². The highest BCUT2D eigenvalue weighted by molar-refractivity contribution is 5.89. The minimum Gasteiger partial charge on any atom is -0.346 e. The average molecular weight is 418 g/mol. The molecule has 5 nitrogen and oxygen atoms in total. The minimum atomic E-state index is -0.126. The van der Waals surface area contributed by atoms with Crippen molar-refractivity contribution in [3.8, 4) is 11.8 Å². The summed E-state index contributed by atoms with van der Waals surface area (Å²) in [5.41, 5.74) is 2.53. The predicted molar refractivity (Wildman–Crippen MR) is 125 cm³/mol. The number of benzene rings is 2. The number of urea groups is 1. The van der Waals surface area contributed by atoms with Crippen LogP contribution in [0.15, 0.2) is 54.6 Å². The number of piperidine rings is 1. The lowest BCUT2D eigenvalue weighted by Gasteiger charge is -2.33. The van der Waals surface area contributed by atoms with Crippen molar-refractivity contribution in [2.45, 2.75) is 32.6 Å². The van der Waals surface area contributed by atoms with Gasteiger partial charge in [-0.1, -0.05) is 49.5 Å². The lowest BCUT2D eigenvalue weighted by Crippen LogP contribution is -2.45. The molecule has 2 aromatic carbocycles. The van der Waals surface area contributed by atoms with Gasteiger partial charge in [0.05, 0.1) is 0 Å². The van der Waals surface area contributed by atoms with Crippen LogP contribution in [-0.2, 0) is 4.79 Å². The predicted octanol–water partition coefficient (Wildman–Crippen LogP) is 4.59. The topological polar surface area (TPSA) is 52.7 Å². The van der Waals surface area contributed by atoms with Crippen molar-refractivity contribution < 1.29 is 9.59 Å². The van der Waals surface area contributed by atoms with E-state index in [-0.39, 0.29) is 17.9 Å². The number of nitrogens with one attached hydrogen (secondary N) is 1. The van der Waals surface area contributed by atoms with Crippen molar-refractivity contribution in [2.75, 3.05) is 32.0 Å². The molecule has 1 heterocycles. The van der Waals surface area contributed by atoms with E-state index in [4.69, 9.17) is 0 Å². The number of unbranched alkanes of at least 4 members (excludes halogenated alkanes) is 1. The summed E-state index contributed by atoms with van der Waals surface area (Å²) in [7, 11) is 1.88. The number of nitrogens with zero attached hydrogens (tertiary/aromatic N) is 2. The maximum Gasteiger partial charge on any atom is 0.321 e. The minimum absolute atomic E-state index is 0.0162.